The molecule has 2 aromatic rings. The fourth-order valence-corrected chi connectivity index (χ4v) is 3.94. The summed E-state index contributed by atoms with van der Waals surface area (Å²) in [5, 5.41) is 14.1. The van der Waals surface area contributed by atoms with E-state index in [-0.39, 0.29) is 41.8 Å². The van der Waals surface area contributed by atoms with Crippen molar-refractivity contribution in [3.05, 3.63) is 76.1 Å². The molecule has 6 heteroatoms. The molecule has 0 amide bonds. The zero-order valence-electron chi connectivity index (χ0n) is 21.7. The summed E-state index contributed by atoms with van der Waals surface area (Å²) in [6.45, 7) is 9.12. The number of hydrogen-bond donors (Lipinski definition) is 1. The molecular weight excluding hydrogens is 435 g/mol. The minimum absolute atomic E-state index is 0. The molecule has 0 saturated carbocycles. The Labute approximate surface area is 226 Å². The Balaban J connectivity index is 0.00000578. The maximum Gasteiger partial charge on any atom is 1.00 e. The van der Waals surface area contributed by atoms with Gasteiger partial charge in [0.15, 0.2) is 5.78 Å². The molecule has 178 valence electrons. The Hall–Kier alpha value is -2.08. The van der Waals surface area contributed by atoms with Crippen molar-refractivity contribution in [2.45, 2.75) is 66.2 Å². The second-order valence-electron chi connectivity index (χ2n) is 8.80. The van der Waals surface area contributed by atoms with E-state index in [1.807, 2.05) is 48.9 Å². The molecule has 0 aliphatic rings. The van der Waals surface area contributed by atoms with E-state index in [1.54, 1.807) is 0 Å². The zero-order chi connectivity index (χ0) is 24.4. The van der Waals surface area contributed by atoms with Crippen LogP contribution in [0, 0.1) is 0 Å². The largest absolute Gasteiger partial charge is 1.00 e. The quantitative estimate of drug-likeness (QED) is 0.275. The maximum absolute atomic E-state index is 13.3. The molecule has 0 bridgehead atoms. The topological polar surface area (TPSA) is 74.2 Å². The summed E-state index contributed by atoms with van der Waals surface area (Å²) in [5.41, 5.74) is 6.88. The monoisotopic (exact) mass is 472 g/mol. The number of carbonyl (C=O) groups excluding carboxylic acids is 2. The number of rotatable bonds is 13. The van der Waals surface area contributed by atoms with Gasteiger partial charge in [0.1, 0.15) is 0 Å². The number of allylic oxidation sites excluding steroid dienone is 3. The van der Waals surface area contributed by atoms with Gasteiger partial charge < -0.3 is 19.8 Å². The van der Waals surface area contributed by atoms with Crippen LogP contribution in [-0.2, 0) is 24.7 Å². The first-order chi connectivity index (χ1) is 15.7. The molecule has 34 heavy (non-hydrogen) atoms. The van der Waals surface area contributed by atoms with Gasteiger partial charge in [0, 0.05) is 47.8 Å². The summed E-state index contributed by atoms with van der Waals surface area (Å²) >= 11 is 0. The van der Waals surface area contributed by atoms with Crippen molar-refractivity contribution in [2.75, 3.05) is 11.9 Å². The molecule has 1 aromatic heterocycles. The predicted octanol–water partition coefficient (Wildman–Crippen LogP) is 2.00. The molecule has 0 aliphatic heterocycles. The van der Waals surface area contributed by atoms with Gasteiger partial charge in [0.05, 0.1) is 0 Å². The van der Waals surface area contributed by atoms with Crippen molar-refractivity contribution in [1.82, 2.24) is 4.57 Å². The van der Waals surface area contributed by atoms with Gasteiger partial charge in [0.2, 0.25) is 0 Å². The molecule has 0 fully saturated rings. The van der Waals surface area contributed by atoms with Crippen LogP contribution in [0.25, 0.3) is 0 Å². The van der Waals surface area contributed by atoms with E-state index in [1.165, 1.54) is 11.1 Å². The van der Waals surface area contributed by atoms with E-state index >= 15 is 0 Å². The molecule has 2 rings (SSSR count). The fraction of sp³-hybridized carbons (Fsp3) is 0.429. The molecule has 0 radical (unpaired) electrons. The number of hydrogen-bond acceptors (Lipinski definition) is 4. The molecule has 1 N–H and O–H groups in total. The van der Waals surface area contributed by atoms with Crippen molar-refractivity contribution in [1.29, 1.82) is 0 Å². The first-order valence-corrected chi connectivity index (χ1v) is 11.8. The van der Waals surface area contributed by atoms with Crippen LogP contribution in [0.4, 0.5) is 5.69 Å². The number of aliphatic carboxylic acids is 1. The Morgan fingerprint density at radius 1 is 1.09 bits per heavy atom. The minimum Gasteiger partial charge on any atom is -0.550 e. The molecule has 1 aromatic carbocycles. The Kier molecular flexibility index (Phi) is 13.2. The predicted molar refractivity (Wildman–Crippen MR) is 134 cm³/mol. The first kappa shape index (κ1) is 30.0. The number of carbonyl (C=O) groups is 2. The maximum atomic E-state index is 13.3. The van der Waals surface area contributed by atoms with E-state index in [0.29, 0.717) is 30.5 Å². The number of carboxylic acid groups (broad SMARTS) is 1. The standard InChI is InChI=1S/C28H38N2O3.Na/c1-6-26-25(19-24(30(26)5)14-9-15-27(31)32)28(33)22-12-8-13-23(18-22)29-17-16-21(4)11-7-10-20(2)3;/h8,10,12-13,16,18-19,29H,6-7,9,11,14-15,17H2,1-5H3,(H,31,32);/q;+1/p-1/b21-16+;. The summed E-state index contributed by atoms with van der Waals surface area (Å²) in [4.78, 5) is 24.0. The number of aromatic nitrogens is 1. The number of benzene rings is 1. The van der Waals surface area contributed by atoms with Gasteiger partial charge in [-0.05, 0) is 77.5 Å². The van der Waals surface area contributed by atoms with Crippen LogP contribution in [0.3, 0.4) is 0 Å². The Morgan fingerprint density at radius 2 is 1.82 bits per heavy atom. The molecule has 0 atom stereocenters. The van der Waals surface area contributed by atoms with Crippen molar-refractivity contribution >= 4 is 17.4 Å². The van der Waals surface area contributed by atoms with Crippen LogP contribution < -0.4 is 40.0 Å². The van der Waals surface area contributed by atoms with Crippen LogP contribution in [0.5, 0.6) is 0 Å². The zero-order valence-corrected chi connectivity index (χ0v) is 23.7. The molecule has 1 heterocycles. The van der Waals surface area contributed by atoms with Crippen LogP contribution in [0.2, 0.25) is 0 Å². The van der Waals surface area contributed by atoms with Crippen LogP contribution in [-0.4, -0.2) is 22.9 Å². The minimum atomic E-state index is -1.04. The molecule has 5 nitrogen and oxygen atoms in total. The van der Waals surface area contributed by atoms with Crippen molar-refractivity contribution in [3.63, 3.8) is 0 Å². The van der Waals surface area contributed by atoms with Gasteiger partial charge in [-0.25, -0.2) is 0 Å². The van der Waals surface area contributed by atoms with Gasteiger partial charge in [-0.1, -0.05) is 42.4 Å². The third-order valence-electron chi connectivity index (χ3n) is 5.82. The summed E-state index contributed by atoms with van der Waals surface area (Å²) < 4.78 is 2.02. The van der Waals surface area contributed by atoms with Gasteiger partial charge in [-0.15, -0.1) is 0 Å². The summed E-state index contributed by atoms with van der Waals surface area (Å²) in [6.07, 6.45) is 8.40. The molecule has 0 saturated heterocycles. The van der Waals surface area contributed by atoms with E-state index in [2.05, 4.69) is 38.2 Å². The summed E-state index contributed by atoms with van der Waals surface area (Å²) in [5.74, 6) is -1.05. The van der Waals surface area contributed by atoms with E-state index in [9.17, 15) is 14.7 Å². The molecule has 0 spiro atoms. The van der Waals surface area contributed by atoms with Crippen LogP contribution in [0.15, 0.2) is 53.6 Å². The summed E-state index contributed by atoms with van der Waals surface area (Å²) in [6, 6.07) is 9.53. The third kappa shape index (κ3) is 9.28. The second kappa shape index (κ2) is 15.0. The SMILES string of the molecule is CCc1c(C(=O)c2cccc(NC/C=C(\C)CCC=C(C)C)c2)cc(CCCC(=O)[O-])n1C.[Na+]. The second-order valence-corrected chi connectivity index (χ2v) is 8.80. The molecular formula is C28H37N2NaO3. The smallest absolute Gasteiger partial charge is 0.550 e. The van der Waals surface area contributed by atoms with Gasteiger partial charge in [-0.2, -0.15) is 0 Å². The van der Waals surface area contributed by atoms with Crippen LogP contribution >= 0.6 is 0 Å². The van der Waals surface area contributed by atoms with Crippen molar-refractivity contribution in [3.8, 4) is 0 Å². The van der Waals surface area contributed by atoms with E-state index in [4.69, 9.17) is 0 Å². The average molecular weight is 473 g/mol. The average Bonchev–Trinajstić information content (AvgIpc) is 3.08. The first-order valence-electron chi connectivity index (χ1n) is 11.8. The number of nitrogens with zero attached hydrogens (tertiary/aromatic N) is 1. The molecule has 0 aliphatic carbocycles. The third-order valence-corrected chi connectivity index (χ3v) is 5.82. The van der Waals surface area contributed by atoms with Crippen LogP contribution in [0.1, 0.15) is 80.7 Å². The number of anilines is 1. The summed E-state index contributed by atoms with van der Waals surface area (Å²) in [7, 11) is 1.94. The van der Waals surface area contributed by atoms with Gasteiger partial charge in [0.25, 0.3) is 0 Å². The van der Waals surface area contributed by atoms with Gasteiger partial charge >= 0.3 is 29.6 Å². The number of aryl methyl sites for hydroxylation is 1. The Bertz CT molecular complexity index is 1030. The number of carboxylic acids is 1. The number of nitrogens with one attached hydrogen (secondary N) is 1. The van der Waals surface area contributed by atoms with Crippen molar-refractivity contribution in [2.24, 2.45) is 7.05 Å². The number of ketones is 1. The Morgan fingerprint density at radius 3 is 2.47 bits per heavy atom. The molecule has 0 unspecified atom stereocenters. The van der Waals surface area contributed by atoms with Gasteiger partial charge in [-0.3, -0.25) is 4.79 Å². The normalized spacial score (nSPS) is 11.0. The van der Waals surface area contributed by atoms with E-state index in [0.717, 1.165) is 36.3 Å². The van der Waals surface area contributed by atoms with E-state index < -0.39 is 5.97 Å². The van der Waals surface area contributed by atoms with Crippen molar-refractivity contribution < 1.29 is 44.3 Å². The fourth-order valence-electron chi connectivity index (χ4n) is 3.94.